The third-order valence-electron chi connectivity index (χ3n) is 2.15. The number of nitrogens with one attached hydrogen (secondary N) is 2. The van der Waals surface area contributed by atoms with Gasteiger partial charge in [0.2, 0.25) is 5.91 Å². The first-order valence-electron chi connectivity index (χ1n) is 5.54. The van der Waals surface area contributed by atoms with E-state index in [1.54, 1.807) is 0 Å². The monoisotopic (exact) mass is 345 g/mol. The molecule has 2 rings (SSSR count). The second kappa shape index (κ2) is 6.79. The number of hydrogen-bond donors (Lipinski definition) is 3. The third kappa shape index (κ3) is 4.62. The van der Waals surface area contributed by atoms with Crippen LogP contribution in [0.2, 0.25) is 10.0 Å². The maximum atomic E-state index is 11.8. The Morgan fingerprint density at radius 1 is 1.43 bits per heavy atom. The van der Waals surface area contributed by atoms with Crippen LogP contribution in [0.15, 0.2) is 28.3 Å². The van der Waals surface area contributed by atoms with Crippen LogP contribution < -0.4 is 16.6 Å². The molecule has 0 fully saturated rings. The van der Waals surface area contributed by atoms with Crippen molar-refractivity contribution < 1.29 is 4.79 Å². The minimum atomic E-state index is -0.382. The summed E-state index contributed by atoms with van der Waals surface area (Å²) in [7, 11) is 0. The fourth-order valence-electron chi connectivity index (χ4n) is 1.33. The molecule has 0 atom stereocenters. The molecular weight excluding hydrogens is 337 g/mol. The minimum Gasteiger partial charge on any atom is -0.383 e. The Balaban J connectivity index is 1.97. The molecule has 0 spiro atoms. The van der Waals surface area contributed by atoms with Crippen molar-refractivity contribution in [1.29, 1.82) is 0 Å². The van der Waals surface area contributed by atoms with Crippen molar-refractivity contribution in [1.82, 2.24) is 15.0 Å². The Kier molecular flexibility index (Phi) is 5.05. The summed E-state index contributed by atoms with van der Waals surface area (Å²) in [5, 5.41) is 3.38. The van der Waals surface area contributed by atoms with Gasteiger partial charge >= 0.3 is 0 Å². The summed E-state index contributed by atoms with van der Waals surface area (Å²) >= 11 is 12.6. The molecule has 10 heteroatoms. The number of rotatable bonds is 4. The van der Waals surface area contributed by atoms with Crippen LogP contribution >= 0.6 is 35.0 Å². The summed E-state index contributed by atoms with van der Waals surface area (Å²) in [5.41, 5.74) is 5.06. The van der Waals surface area contributed by atoms with Gasteiger partial charge in [-0.25, -0.2) is 9.97 Å². The number of amides is 1. The molecule has 0 bridgehead atoms. The fourth-order valence-corrected chi connectivity index (χ4v) is 2.44. The Bertz CT molecular complexity index is 737. The zero-order chi connectivity index (χ0) is 15.4. The number of hydrogen-bond acceptors (Lipinski definition) is 6. The first kappa shape index (κ1) is 15.6. The lowest BCUT2D eigenvalue weighted by Crippen LogP contribution is -2.16. The molecule has 0 radical (unpaired) electrons. The molecule has 0 saturated heterocycles. The Morgan fingerprint density at radius 2 is 2.19 bits per heavy atom. The maximum Gasteiger partial charge on any atom is 0.253 e. The number of carbonyl (C=O) groups is 1. The molecule has 0 aliphatic carbocycles. The smallest absolute Gasteiger partial charge is 0.253 e. The number of nitrogens with zero attached hydrogens (tertiary/aromatic N) is 2. The SMILES string of the molecule is Nc1cc(=O)[nH]c(SCC(=O)Nc2ncc(Cl)cc2Cl)n1. The van der Waals surface area contributed by atoms with E-state index in [0.717, 1.165) is 17.8 Å². The number of nitrogen functional groups attached to an aromatic ring is 1. The number of anilines is 2. The predicted molar refractivity (Wildman–Crippen MR) is 82.9 cm³/mol. The van der Waals surface area contributed by atoms with Crippen LogP contribution in [0, 0.1) is 0 Å². The Labute approximate surface area is 133 Å². The highest BCUT2D eigenvalue weighted by atomic mass is 35.5. The van der Waals surface area contributed by atoms with Crippen molar-refractivity contribution in [2.75, 3.05) is 16.8 Å². The van der Waals surface area contributed by atoms with E-state index in [2.05, 4.69) is 20.3 Å². The molecule has 0 aliphatic rings. The van der Waals surface area contributed by atoms with Gasteiger partial charge in [-0.3, -0.25) is 9.59 Å². The average Bonchev–Trinajstić information content (AvgIpc) is 2.39. The highest BCUT2D eigenvalue weighted by Gasteiger charge is 2.09. The van der Waals surface area contributed by atoms with E-state index in [0.29, 0.717) is 5.02 Å². The summed E-state index contributed by atoms with van der Waals surface area (Å²) < 4.78 is 0. The van der Waals surface area contributed by atoms with Crippen LogP contribution in [-0.4, -0.2) is 26.6 Å². The van der Waals surface area contributed by atoms with E-state index in [9.17, 15) is 9.59 Å². The van der Waals surface area contributed by atoms with E-state index in [-0.39, 0.29) is 39.0 Å². The molecule has 4 N–H and O–H groups in total. The van der Waals surface area contributed by atoms with Gasteiger partial charge in [0.05, 0.1) is 15.8 Å². The zero-order valence-electron chi connectivity index (χ0n) is 10.4. The predicted octanol–water partition coefficient (Wildman–Crippen LogP) is 1.78. The van der Waals surface area contributed by atoms with Crippen LogP contribution in [0.1, 0.15) is 0 Å². The molecule has 0 aliphatic heterocycles. The number of thioether (sulfide) groups is 1. The number of nitrogens with two attached hydrogens (primary N) is 1. The molecule has 7 nitrogen and oxygen atoms in total. The van der Waals surface area contributed by atoms with E-state index in [1.807, 2.05) is 0 Å². The van der Waals surface area contributed by atoms with Gasteiger partial charge in [-0.1, -0.05) is 35.0 Å². The minimum absolute atomic E-state index is 0.00697. The second-order valence-electron chi connectivity index (χ2n) is 3.80. The van der Waals surface area contributed by atoms with Crippen molar-refractivity contribution in [2.24, 2.45) is 0 Å². The van der Waals surface area contributed by atoms with Crippen LogP contribution in [0.4, 0.5) is 11.6 Å². The van der Waals surface area contributed by atoms with Gasteiger partial charge in [0.15, 0.2) is 11.0 Å². The number of aromatic nitrogens is 3. The van der Waals surface area contributed by atoms with Crippen molar-refractivity contribution in [2.45, 2.75) is 5.16 Å². The lowest BCUT2D eigenvalue weighted by molar-refractivity contribution is -0.113. The number of aromatic amines is 1. The van der Waals surface area contributed by atoms with Gasteiger partial charge < -0.3 is 16.0 Å². The molecule has 1 amide bonds. The van der Waals surface area contributed by atoms with Gasteiger partial charge in [0.25, 0.3) is 5.56 Å². The van der Waals surface area contributed by atoms with Crippen molar-refractivity contribution >= 4 is 52.5 Å². The van der Waals surface area contributed by atoms with Crippen molar-refractivity contribution in [3.05, 3.63) is 38.7 Å². The molecule has 0 aromatic carbocycles. The van der Waals surface area contributed by atoms with E-state index in [4.69, 9.17) is 28.9 Å². The largest absolute Gasteiger partial charge is 0.383 e. The maximum absolute atomic E-state index is 11.8. The number of pyridine rings is 1. The van der Waals surface area contributed by atoms with Crippen LogP contribution in [0.3, 0.4) is 0 Å². The quantitative estimate of drug-likeness (QED) is 0.574. The molecule has 0 saturated carbocycles. The lowest BCUT2D eigenvalue weighted by atomic mass is 10.4. The van der Waals surface area contributed by atoms with Crippen molar-refractivity contribution in [3.63, 3.8) is 0 Å². The van der Waals surface area contributed by atoms with Gasteiger partial charge in [0, 0.05) is 12.3 Å². The third-order valence-corrected chi connectivity index (χ3v) is 3.51. The fraction of sp³-hybridized carbons (Fsp3) is 0.0909. The molecule has 21 heavy (non-hydrogen) atoms. The van der Waals surface area contributed by atoms with Crippen LogP contribution in [0.25, 0.3) is 0 Å². The van der Waals surface area contributed by atoms with Crippen LogP contribution in [0.5, 0.6) is 0 Å². The summed E-state index contributed by atoms with van der Waals surface area (Å²) in [6.07, 6.45) is 1.37. The standard InChI is InChI=1S/C11H9Cl2N5O2S/c12-5-1-6(13)10(15-3-5)17-9(20)4-21-11-16-7(14)2-8(19)18-11/h1-3H,4H2,(H,15,17,20)(H3,14,16,18,19). The molecule has 0 unspecified atom stereocenters. The second-order valence-corrected chi connectivity index (χ2v) is 5.60. The number of H-pyrrole nitrogens is 1. The summed E-state index contributed by atoms with van der Waals surface area (Å²) in [6, 6.07) is 2.62. The summed E-state index contributed by atoms with van der Waals surface area (Å²) in [4.78, 5) is 33.2. The molecule has 2 aromatic heterocycles. The van der Waals surface area contributed by atoms with Gasteiger partial charge in [-0.2, -0.15) is 0 Å². The molecule has 2 aromatic rings. The van der Waals surface area contributed by atoms with Gasteiger partial charge in [0.1, 0.15) is 5.82 Å². The normalized spacial score (nSPS) is 10.4. The number of halogens is 2. The van der Waals surface area contributed by atoms with Crippen LogP contribution in [-0.2, 0) is 4.79 Å². The van der Waals surface area contributed by atoms with Gasteiger partial charge in [-0.05, 0) is 6.07 Å². The first-order chi connectivity index (χ1) is 9.94. The zero-order valence-corrected chi connectivity index (χ0v) is 12.7. The number of carbonyl (C=O) groups excluding carboxylic acids is 1. The van der Waals surface area contributed by atoms with E-state index >= 15 is 0 Å². The van der Waals surface area contributed by atoms with E-state index < -0.39 is 0 Å². The summed E-state index contributed by atoms with van der Waals surface area (Å²) in [5.74, 6) is -0.0564. The molecule has 2 heterocycles. The highest BCUT2D eigenvalue weighted by molar-refractivity contribution is 7.99. The summed E-state index contributed by atoms with van der Waals surface area (Å²) in [6.45, 7) is 0. The molecular formula is C11H9Cl2N5O2S. The Hall–Kier alpha value is -1.77. The van der Waals surface area contributed by atoms with E-state index in [1.165, 1.54) is 12.3 Å². The Morgan fingerprint density at radius 3 is 2.86 bits per heavy atom. The van der Waals surface area contributed by atoms with Gasteiger partial charge in [-0.15, -0.1) is 0 Å². The van der Waals surface area contributed by atoms with Crippen molar-refractivity contribution in [3.8, 4) is 0 Å². The lowest BCUT2D eigenvalue weighted by Gasteiger charge is -2.06. The topological polar surface area (TPSA) is 114 Å². The first-order valence-corrected chi connectivity index (χ1v) is 7.29. The highest BCUT2D eigenvalue weighted by Crippen LogP contribution is 2.22. The average molecular weight is 346 g/mol. The molecule has 110 valence electrons.